The van der Waals surface area contributed by atoms with Crippen LogP contribution >= 0.6 is 0 Å². The summed E-state index contributed by atoms with van der Waals surface area (Å²) in [6.45, 7) is 2.41. The average molecular weight is 570 g/mol. The van der Waals surface area contributed by atoms with Crippen LogP contribution in [0.3, 0.4) is 0 Å². The SMILES string of the molecule is CCCOC(=O)c1ccc(-[n+]2c(-c3ccccc3)cc(-c3ccccc3)cc2-c2ccccc2)cc1.[O-][Cl+3]([O-])([O-])[O-]. The van der Waals surface area contributed by atoms with Gasteiger partial charge >= 0.3 is 5.97 Å². The van der Waals surface area contributed by atoms with E-state index in [2.05, 4.69) is 89.5 Å². The van der Waals surface area contributed by atoms with E-state index < -0.39 is 10.2 Å². The van der Waals surface area contributed by atoms with Gasteiger partial charge in [0.05, 0.1) is 12.2 Å². The van der Waals surface area contributed by atoms with Crippen molar-refractivity contribution in [2.45, 2.75) is 13.3 Å². The Bertz CT molecular complexity index is 1490. The zero-order chi connectivity index (χ0) is 29.2. The number of hydrogen-bond donors (Lipinski definition) is 0. The maximum Gasteiger partial charge on any atom is 0.338 e. The van der Waals surface area contributed by atoms with Gasteiger partial charge in [-0.1, -0.05) is 73.7 Å². The van der Waals surface area contributed by atoms with Crippen molar-refractivity contribution in [1.82, 2.24) is 0 Å². The Kier molecular flexibility index (Phi) is 9.97. The average Bonchev–Trinajstić information content (AvgIpc) is 3.00. The number of carbonyl (C=O) groups is 1. The molecule has 208 valence electrons. The number of halogens is 1. The highest BCUT2D eigenvalue weighted by molar-refractivity contribution is 5.89. The Balaban J connectivity index is 0.000000714. The predicted molar refractivity (Wildman–Crippen MR) is 145 cm³/mol. The fourth-order valence-corrected chi connectivity index (χ4v) is 4.34. The van der Waals surface area contributed by atoms with E-state index >= 15 is 0 Å². The van der Waals surface area contributed by atoms with E-state index in [4.69, 9.17) is 23.4 Å². The van der Waals surface area contributed by atoms with Gasteiger partial charge in [-0.2, -0.15) is 4.57 Å². The van der Waals surface area contributed by atoms with Crippen LogP contribution in [0.15, 0.2) is 127 Å². The lowest BCUT2D eigenvalue weighted by Crippen LogP contribution is -2.68. The second kappa shape index (κ2) is 13.8. The van der Waals surface area contributed by atoms with Crippen molar-refractivity contribution in [3.8, 4) is 39.3 Å². The first-order valence-corrected chi connectivity index (χ1v) is 14.1. The lowest BCUT2D eigenvalue weighted by Gasteiger charge is -2.17. The highest BCUT2D eigenvalue weighted by atomic mass is 35.7. The monoisotopic (exact) mass is 569 g/mol. The number of nitrogens with zero attached hydrogens (tertiary/aromatic N) is 1. The Hall–Kier alpha value is -4.37. The van der Waals surface area contributed by atoms with Crippen LogP contribution in [0.25, 0.3) is 39.3 Å². The topological polar surface area (TPSA) is 122 Å². The summed E-state index contributed by atoms with van der Waals surface area (Å²) in [5.41, 5.74) is 8.18. The highest BCUT2D eigenvalue weighted by Crippen LogP contribution is 2.30. The molecule has 0 atom stereocenters. The van der Waals surface area contributed by atoms with Crippen molar-refractivity contribution in [1.29, 1.82) is 0 Å². The standard InChI is InChI=1S/C33H28NO2.ClHO4/c1-2-22-36-33(35)28-18-20-30(21-19-28)34-31(26-14-8-4-9-15-26)23-29(25-12-6-3-7-13-25)24-32(34)27-16-10-5-11-17-27;2-1(3,4)5/h3-21,23-24H,2,22H2,1H3;(H,2,3,4,5)/q+1;/p-1. The van der Waals surface area contributed by atoms with E-state index in [1.54, 1.807) is 0 Å². The van der Waals surface area contributed by atoms with Gasteiger partial charge in [-0.3, -0.25) is 0 Å². The quantitative estimate of drug-likeness (QED) is 0.219. The van der Waals surface area contributed by atoms with Crippen molar-refractivity contribution in [3.05, 3.63) is 133 Å². The molecule has 0 N–H and O–H groups in total. The summed E-state index contributed by atoms with van der Waals surface area (Å²) >= 11 is 0. The van der Waals surface area contributed by atoms with Gasteiger partial charge in [0.1, 0.15) is 0 Å². The Morgan fingerprint density at radius 3 is 1.46 bits per heavy atom. The fraction of sp³-hybridized carbons (Fsp3) is 0.0909. The first-order valence-electron chi connectivity index (χ1n) is 12.9. The molecule has 0 aliphatic heterocycles. The van der Waals surface area contributed by atoms with E-state index in [-0.39, 0.29) is 5.97 Å². The number of aromatic nitrogens is 1. The maximum absolute atomic E-state index is 12.4. The summed E-state index contributed by atoms with van der Waals surface area (Å²) in [5.74, 6) is -0.292. The minimum absolute atomic E-state index is 0.292. The smallest absolute Gasteiger partial charge is 0.338 e. The molecular weight excluding hydrogens is 542 g/mol. The molecule has 0 unspecified atom stereocenters. The molecule has 1 aromatic heterocycles. The summed E-state index contributed by atoms with van der Waals surface area (Å²) in [4.78, 5) is 12.4. The van der Waals surface area contributed by atoms with Gasteiger partial charge in [-0.05, 0) is 53.9 Å². The number of ether oxygens (including phenoxy) is 1. The van der Waals surface area contributed by atoms with Gasteiger partial charge in [-0.15, -0.1) is 10.2 Å². The first-order chi connectivity index (χ1) is 19.7. The van der Waals surface area contributed by atoms with Crippen LogP contribution in [0.1, 0.15) is 23.7 Å². The molecule has 41 heavy (non-hydrogen) atoms. The first kappa shape index (κ1) is 29.6. The van der Waals surface area contributed by atoms with Crippen molar-refractivity contribution in [2.75, 3.05) is 6.61 Å². The van der Waals surface area contributed by atoms with Gasteiger partial charge in [0.2, 0.25) is 17.1 Å². The van der Waals surface area contributed by atoms with E-state index in [0.29, 0.717) is 12.2 Å². The third-order valence-electron chi connectivity index (χ3n) is 6.11. The molecule has 7 nitrogen and oxygen atoms in total. The second-order valence-corrected chi connectivity index (χ2v) is 9.76. The number of rotatable bonds is 7. The second-order valence-electron chi connectivity index (χ2n) is 9.01. The Morgan fingerprint density at radius 1 is 0.634 bits per heavy atom. The summed E-state index contributed by atoms with van der Waals surface area (Å²) < 4.78 is 41.6. The molecule has 0 radical (unpaired) electrons. The van der Waals surface area contributed by atoms with Gasteiger partial charge in [-0.25, -0.2) is 23.4 Å². The maximum atomic E-state index is 12.4. The van der Waals surface area contributed by atoms with E-state index in [9.17, 15) is 4.79 Å². The van der Waals surface area contributed by atoms with Gasteiger partial charge in [0.25, 0.3) is 0 Å². The lowest BCUT2D eigenvalue weighted by molar-refractivity contribution is -2.00. The number of pyridine rings is 1. The van der Waals surface area contributed by atoms with Crippen LogP contribution in [0, 0.1) is 10.2 Å². The van der Waals surface area contributed by atoms with Crippen molar-refractivity contribution in [2.24, 2.45) is 0 Å². The van der Waals surface area contributed by atoms with E-state index in [0.717, 1.165) is 45.7 Å². The van der Waals surface area contributed by atoms with Crippen molar-refractivity contribution < 1.29 is 43.0 Å². The van der Waals surface area contributed by atoms with Gasteiger partial charge in [0.15, 0.2) is 0 Å². The molecule has 0 bridgehead atoms. The normalized spacial score (nSPS) is 10.9. The third-order valence-corrected chi connectivity index (χ3v) is 6.11. The van der Waals surface area contributed by atoms with Crippen LogP contribution in [0.4, 0.5) is 0 Å². The summed E-state index contributed by atoms with van der Waals surface area (Å²) in [6, 6.07) is 43.4. The molecule has 0 spiro atoms. The number of esters is 1. The molecule has 0 aliphatic rings. The molecule has 0 aliphatic carbocycles. The highest BCUT2D eigenvalue weighted by Gasteiger charge is 2.25. The molecule has 5 aromatic rings. The van der Waals surface area contributed by atoms with Gasteiger partial charge in [0, 0.05) is 35.4 Å². The Labute approximate surface area is 240 Å². The molecule has 8 heteroatoms. The number of carbonyl (C=O) groups excluding carboxylic acids is 1. The van der Waals surface area contributed by atoms with Crippen LogP contribution in [0.2, 0.25) is 0 Å². The molecular formula is C33H28ClNO6. The van der Waals surface area contributed by atoms with E-state index in [1.807, 2.05) is 49.4 Å². The van der Waals surface area contributed by atoms with Crippen molar-refractivity contribution in [3.63, 3.8) is 0 Å². The minimum Gasteiger partial charge on any atom is -0.462 e. The molecule has 4 aromatic carbocycles. The minimum atomic E-state index is -4.94. The van der Waals surface area contributed by atoms with E-state index in [1.165, 1.54) is 0 Å². The van der Waals surface area contributed by atoms with Crippen LogP contribution in [0.5, 0.6) is 0 Å². The van der Waals surface area contributed by atoms with Gasteiger partial charge < -0.3 is 4.74 Å². The molecule has 1 heterocycles. The lowest BCUT2D eigenvalue weighted by atomic mass is 9.98. The number of benzene rings is 4. The molecule has 0 saturated heterocycles. The molecule has 0 amide bonds. The van der Waals surface area contributed by atoms with Crippen LogP contribution < -0.4 is 23.2 Å². The van der Waals surface area contributed by atoms with Crippen LogP contribution in [-0.4, -0.2) is 12.6 Å². The number of hydrogen-bond acceptors (Lipinski definition) is 6. The van der Waals surface area contributed by atoms with Crippen molar-refractivity contribution >= 4 is 5.97 Å². The summed E-state index contributed by atoms with van der Waals surface area (Å²) in [5, 5.41) is 0. The summed E-state index contributed by atoms with van der Waals surface area (Å²) in [7, 11) is -4.94. The summed E-state index contributed by atoms with van der Waals surface area (Å²) in [6.07, 6.45) is 0.800. The molecule has 0 saturated carbocycles. The zero-order valence-electron chi connectivity index (χ0n) is 22.3. The van der Waals surface area contributed by atoms with Crippen LogP contribution in [-0.2, 0) is 4.74 Å². The largest absolute Gasteiger partial charge is 0.462 e. The Morgan fingerprint density at radius 2 is 1.05 bits per heavy atom. The zero-order valence-corrected chi connectivity index (χ0v) is 23.1. The molecule has 5 rings (SSSR count). The predicted octanol–water partition coefficient (Wildman–Crippen LogP) is 2.78. The third kappa shape index (κ3) is 8.31. The molecule has 0 fully saturated rings. The fourth-order valence-electron chi connectivity index (χ4n) is 4.34.